The molecule has 5 nitrogen and oxygen atoms in total. The quantitative estimate of drug-likeness (QED) is 0.709. The monoisotopic (exact) mass is 251 g/mol. The number of carboxylic acids is 1. The summed E-state index contributed by atoms with van der Waals surface area (Å²) in [6, 6.07) is 3.54. The Morgan fingerprint density at radius 1 is 1.44 bits per heavy atom. The van der Waals surface area contributed by atoms with Crippen molar-refractivity contribution in [3.8, 4) is 0 Å². The predicted molar refractivity (Wildman–Crippen MR) is 70.5 cm³/mol. The standard InChI is InChI=1S/C13H21N3O2/c1-14-12(13(17)18)6-10-16(2)9-5-11-3-7-15-8-4-11/h3-4,7-8,12,14H,5-6,9-10H2,1-2H3,(H,17,18). The van der Waals surface area contributed by atoms with Gasteiger partial charge in [0.2, 0.25) is 0 Å². The first kappa shape index (κ1) is 14.6. The van der Waals surface area contributed by atoms with Crippen molar-refractivity contribution >= 4 is 5.97 Å². The molecule has 0 aromatic carbocycles. The zero-order valence-corrected chi connectivity index (χ0v) is 11.0. The van der Waals surface area contributed by atoms with Gasteiger partial charge < -0.3 is 15.3 Å². The minimum atomic E-state index is -0.792. The van der Waals surface area contributed by atoms with Gasteiger partial charge in [0, 0.05) is 18.9 Å². The van der Waals surface area contributed by atoms with E-state index in [9.17, 15) is 4.79 Å². The van der Waals surface area contributed by atoms with Crippen LogP contribution in [0.5, 0.6) is 0 Å². The fourth-order valence-electron chi connectivity index (χ4n) is 1.72. The Morgan fingerprint density at radius 2 is 2.11 bits per heavy atom. The molecular formula is C13H21N3O2. The molecule has 100 valence electrons. The average molecular weight is 251 g/mol. The lowest BCUT2D eigenvalue weighted by Gasteiger charge is -2.19. The average Bonchev–Trinajstić information content (AvgIpc) is 2.38. The van der Waals surface area contributed by atoms with Crippen LogP contribution in [0.25, 0.3) is 0 Å². The second-order valence-corrected chi connectivity index (χ2v) is 4.38. The van der Waals surface area contributed by atoms with E-state index < -0.39 is 12.0 Å². The van der Waals surface area contributed by atoms with E-state index in [0.29, 0.717) is 6.42 Å². The summed E-state index contributed by atoms with van der Waals surface area (Å²) in [5.41, 5.74) is 1.25. The first-order valence-corrected chi connectivity index (χ1v) is 6.11. The van der Waals surface area contributed by atoms with Crippen molar-refractivity contribution < 1.29 is 9.90 Å². The van der Waals surface area contributed by atoms with Gasteiger partial charge >= 0.3 is 5.97 Å². The van der Waals surface area contributed by atoms with Gasteiger partial charge in [-0.2, -0.15) is 0 Å². The fourth-order valence-corrected chi connectivity index (χ4v) is 1.72. The molecule has 0 aliphatic heterocycles. The molecule has 5 heteroatoms. The summed E-state index contributed by atoms with van der Waals surface area (Å²) in [6.45, 7) is 1.68. The molecule has 0 aliphatic carbocycles. The number of aliphatic carboxylic acids is 1. The number of likely N-dealkylation sites (N-methyl/N-ethyl adjacent to an activating group) is 2. The zero-order chi connectivity index (χ0) is 13.4. The summed E-state index contributed by atoms with van der Waals surface area (Å²) >= 11 is 0. The third-order valence-corrected chi connectivity index (χ3v) is 2.98. The van der Waals surface area contributed by atoms with Gasteiger partial charge in [-0.3, -0.25) is 9.78 Å². The lowest BCUT2D eigenvalue weighted by molar-refractivity contribution is -0.139. The maximum atomic E-state index is 10.8. The Morgan fingerprint density at radius 3 is 2.67 bits per heavy atom. The van der Waals surface area contributed by atoms with E-state index in [0.717, 1.165) is 19.5 Å². The van der Waals surface area contributed by atoms with Crippen LogP contribution in [0.1, 0.15) is 12.0 Å². The molecule has 1 rings (SSSR count). The minimum absolute atomic E-state index is 0.464. The Balaban J connectivity index is 2.25. The minimum Gasteiger partial charge on any atom is -0.480 e. The van der Waals surface area contributed by atoms with E-state index in [1.54, 1.807) is 19.4 Å². The molecule has 0 saturated heterocycles. The van der Waals surface area contributed by atoms with Crippen LogP contribution in [0.3, 0.4) is 0 Å². The summed E-state index contributed by atoms with van der Waals surface area (Å²) < 4.78 is 0. The van der Waals surface area contributed by atoms with Crippen LogP contribution in [-0.2, 0) is 11.2 Å². The second-order valence-electron chi connectivity index (χ2n) is 4.38. The van der Waals surface area contributed by atoms with Gasteiger partial charge in [0.25, 0.3) is 0 Å². The summed E-state index contributed by atoms with van der Waals surface area (Å²) in [5.74, 6) is -0.792. The predicted octanol–water partition coefficient (Wildman–Crippen LogP) is 0.619. The Hall–Kier alpha value is -1.46. The van der Waals surface area contributed by atoms with Crippen molar-refractivity contribution in [3.63, 3.8) is 0 Å². The summed E-state index contributed by atoms with van der Waals surface area (Å²) in [4.78, 5) is 17.0. The zero-order valence-electron chi connectivity index (χ0n) is 11.0. The molecule has 1 unspecified atom stereocenters. The lowest BCUT2D eigenvalue weighted by atomic mass is 10.1. The van der Waals surface area contributed by atoms with Crippen molar-refractivity contribution in [1.29, 1.82) is 0 Å². The highest BCUT2D eigenvalue weighted by atomic mass is 16.4. The third kappa shape index (κ3) is 5.25. The molecule has 18 heavy (non-hydrogen) atoms. The fraction of sp³-hybridized carbons (Fsp3) is 0.538. The molecule has 0 radical (unpaired) electrons. The normalized spacial score (nSPS) is 12.6. The maximum Gasteiger partial charge on any atom is 0.320 e. The number of carbonyl (C=O) groups is 1. The van der Waals surface area contributed by atoms with E-state index in [2.05, 4.69) is 15.2 Å². The van der Waals surface area contributed by atoms with Gasteiger partial charge in [0.05, 0.1) is 0 Å². The largest absolute Gasteiger partial charge is 0.480 e. The van der Waals surface area contributed by atoms with E-state index in [1.807, 2.05) is 19.2 Å². The van der Waals surface area contributed by atoms with Crippen molar-refractivity contribution in [2.75, 3.05) is 27.2 Å². The Labute approximate surface area is 108 Å². The van der Waals surface area contributed by atoms with Gasteiger partial charge in [-0.1, -0.05) is 0 Å². The number of hydrogen-bond acceptors (Lipinski definition) is 4. The number of pyridine rings is 1. The van der Waals surface area contributed by atoms with Gasteiger partial charge in [-0.05, 0) is 51.2 Å². The smallest absolute Gasteiger partial charge is 0.320 e. The molecule has 0 aliphatic rings. The molecule has 0 fully saturated rings. The van der Waals surface area contributed by atoms with Crippen LogP contribution in [0.15, 0.2) is 24.5 Å². The van der Waals surface area contributed by atoms with E-state index in [4.69, 9.17) is 5.11 Å². The van der Waals surface area contributed by atoms with Gasteiger partial charge in [0.15, 0.2) is 0 Å². The molecule has 2 N–H and O–H groups in total. The molecule has 0 spiro atoms. The van der Waals surface area contributed by atoms with Crippen LogP contribution < -0.4 is 5.32 Å². The van der Waals surface area contributed by atoms with E-state index in [-0.39, 0.29) is 0 Å². The number of rotatable bonds is 8. The van der Waals surface area contributed by atoms with Gasteiger partial charge in [0.1, 0.15) is 6.04 Å². The Kier molecular flexibility index (Phi) is 6.32. The second kappa shape index (κ2) is 7.79. The molecule has 1 aromatic rings. The topological polar surface area (TPSA) is 65.5 Å². The van der Waals surface area contributed by atoms with Crippen molar-refractivity contribution in [2.45, 2.75) is 18.9 Å². The first-order valence-electron chi connectivity index (χ1n) is 6.11. The van der Waals surface area contributed by atoms with Crippen molar-refractivity contribution in [1.82, 2.24) is 15.2 Å². The number of hydrogen-bond donors (Lipinski definition) is 2. The molecule has 0 amide bonds. The molecule has 0 bridgehead atoms. The highest BCUT2D eigenvalue weighted by Gasteiger charge is 2.14. The lowest BCUT2D eigenvalue weighted by Crippen LogP contribution is -2.37. The van der Waals surface area contributed by atoms with Crippen LogP contribution in [-0.4, -0.2) is 54.2 Å². The molecule has 1 atom stereocenters. The number of carboxylic acid groups (broad SMARTS) is 1. The Bertz CT molecular complexity index is 357. The summed E-state index contributed by atoms with van der Waals surface area (Å²) in [7, 11) is 3.69. The van der Waals surface area contributed by atoms with Crippen LogP contribution in [0.4, 0.5) is 0 Å². The third-order valence-electron chi connectivity index (χ3n) is 2.98. The van der Waals surface area contributed by atoms with Gasteiger partial charge in [-0.15, -0.1) is 0 Å². The van der Waals surface area contributed by atoms with Crippen molar-refractivity contribution in [3.05, 3.63) is 30.1 Å². The van der Waals surface area contributed by atoms with Crippen LogP contribution in [0, 0.1) is 0 Å². The van der Waals surface area contributed by atoms with Crippen LogP contribution in [0.2, 0.25) is 0 Å². The van der Waals surface area contributed by atoms with Gasteiger partial charge in [-0.25, -0.2) is 0 Å². The SMILES string of the molecule is CNC(CCN(C)CCc1ccncc1)C(=O)O. The summed E-state index contributed by atoms with van der Waals surface area (Å²) in [5, 5.41) is 11.7. The highest BCUT2D eigenvalue weighted by Crippen LogP contribution is 2.00. The number of nitrogens with one attached hydrogen (secondary N) is 1. The molecular weight excluding hydrogens is 230 g/mol. The maximum absolute atomic E-state index is 10.8. The van der Waals surface area contributed by atoms with E-state index >= 15 is 0 Å². The molecule has 0 saturated carbocycles. The summed E-state index contributed by atoms with van der Waals surface area (Å²) in [6.07, 6.45) is 5.14. The molecule has 1 heterocycles. The number of aromatic nitrogens is 1. The highest BCUT2D eigenvalue weighted by molar-refractivity contribution is 5.73. The van der Waals surface area contributed by atoms with Crippen molar-refractivity contribution in [2.24, 2.45) is 0 Å². The van der Waals surface area contributed by atoms with Crippen LogP contribution >= 0.6 is 0 Å². The van der Waals surface area contributed by atoms with E-state index in [1.165, 1.54) is 5.56 Å². The first-order chi connectivity index (χ1) is 8.63. The number of nitrogens with zero attached hydrogens (tertiary/aromatic N) is 2. The molecule has 1 aromatic heterocycles.